The van der Waals surface area contributed by atoms with Crippen molar-refractivity contribution in [3.8, 4) is 0 Å². The minimum atomic E-state index is 0.716. The van der Waals surface area contributed by atoms with E-state index >= 15 is 0 Å². The van der Waals surface area contributed by atoms with E-state index < -0.39 is 0 Å². The Hall–Kier alpha value is -0.120. The maximum atomic E-state index is 2.80. The Morgan fingerprint density at radius 3 is 2.04 bits per heavy atom. The van der Waals surface area contributed by atoms with Gasteiger partial charge >= 0.3 is 0 Å². The van der Waals surface area contributed by atoms with Gasteiger partial charge in [0.05, 0.1) is 0 Å². The quantitative estimate of drug-likeness (QED) is 0.657. The summed E-state index contributed by atoms with van der Waals surface area (Å²) < 4.78 is 0. The summed E-state index contributed by atoms with van der Waals surface area (Å²) in [5, 5.41) is 0. The lowest BCUT2D eigenvalue weighted by atomic mass is 9.91. The normalized spacial score (nSPS) is 27.7. The Balaban J connectivity index is 1.33. The lowest BCUT2D eigenvalue weighted by Gasteiger charge is -2.41. The number of hydrogen-bond acceptors (Lipinski definition) is 3. The molecule has 1 unspecified atom stereocenters. The summed E-state index contributed by atoms with van der Waals surface area (Å²) in [7, 11) is 0. The van der Waals surface area contributed by atoms with E-state index in [1.807, 2.05) is 0 Å². The third-order valence-electron chi connectivity index (χ3n) is 7.20. The molecule has 0 bridgehead atoms. The first kappa shape index (κ1) is 19.6. The molecule has 0 N–H and O–H groups in total. The molecular weight excluding hydrogens is 306 g/mol. The van der Waals surface area contributed by atoms with E-state index in [9.17, 15) is 0 Å². The SMILES string of the molecule is CCC(C)N1CCN(CC2CCN(CC3(CC(C)C)CC3)CC2)CC1. The van der Waals surface area contributed by atoms with Gasteiger partial charge in [0.1, 0.15) is 0 Å². The molecule has 1 saturated carbocycles. The highest BCUT2D eigenvalue weighted by atomic mass is 15.3. The first-order valence-corrected chi connectivity index (χ1v) is 11.2. The maximum Gasteiger partial charge on any atom is 0.0113 e. The van der Waals surface area contributed by atoms with E-state index in [0.717, 1.165) is 17.9 Å². The third kappa shape index (κ3) is 5.68. The molecule has 1 atom stereocenters. The van der Waals surface area contributed by atoms with Crippen LogP contribution >= 0.6 is 0 Å². The Morgan fingerprint density at radius 2 is 1.52 bits per heavy atom. The molecular formula is C22H43N3. The monoisotopic (exact) mass is 349 g/mol. The largest absolute Gasteiger partial charge is 0.303 e. The maximum absolute atomic E-state index is 2.80. The molecule has 0 aromatic heterocycles. The summed E-state index contributed by atoms with van der Waals surface area (Å²) in [6.07, 6.45) is 8.59. The topological polar surface area (TPSA) is 9.72 Å². The molecule has 3 aliphatic rings. The van der Waals surface area contributed by atoms with Crippen molar-refractivity contribution in [1.29, 1.82) is 0 Å². The molecule has 0 aromatic rings. The highest BCUT2D eigenvalue weighted by molar-refractivity contribution is 4.96. The molecule has 3 heteroatoms. The summed E-state index contributed by atoms with van der Waals surface area (Å²) >= 11 is 0. The van der Waals surface area contributed by atoms with Gasteiger partial charge in [-0.1, -0.05) is 20.8 Å². The molecule has 2 heterocycles. The van der Waals surface area contributed by atoms with E-state index in [1.54, 1.807) is 0 Å². The predicted molar refractivity (Wildman–Crippen MR) is 108 cm³/mol. The molecule has 0 radical (unpaired) electrons. The lowest BCUT2D eigenvalue weighted by Crippen LogP contribution is -2.51. The summed E-state index contributed by atoms with van der Waals surface area (Å²) in [6, 6.07) is 0.769. The van der Waals surface area contributed by atoms with Crippen LogP contribution in [0.3, 0.4) is 0 Å². The fourth-order valence-electron chi connectivity index (χ4n) is 5.28. The molecule has 2 saturated heterocycles. The molecule has 3 nitrogen and oxygen atoms in total. The summed E-state index contributed by atoms with van der Waals surface area (Å²) in [6.45, 7) is 20.1. The number of hydrogen-bond donors (Lipinski definition) is 0. The number of piperazine rings is 1. The number of piperidine rings is 1. The van der Waals surface area contributed by atoms with Crippen molar-refractivity contribution in [2.75, 3.05) is 52.4 Å². The fourth-order valence-corrected chi connectivity index (χ4v) is 5.28. The molecule has 146 valence electrons. The van der Waals surface area contributed by atoms with Crippen LogP contribution in [0, 0.1) is 17.3 Å². The average Bonchev–Trinajstić information content (AvgIpc) is 3.35. The number of nitrogens with zero attached hydrogens (tertiary/aromatic N) is 3. The van der Waals surface area contributed by atoms with Crippen LogP contribution in [0.15, 0.2) is 0 Å². The minimum absolute atomic E-state index is 0.716. The van der Waals surface area contributed by atoms with Crippen LogP contribution in [0.1, 0.15) is 66.2 Å². The van der Waals surface area contributed by atoms with E-state index in [0.29, 0.717) is 5.41 Å². The zero-order valence-electron chi connectivity index (χ0n) is 17.5. The van der Waals surface area contributed by atoms with E-state index in [2.05, 4.69) is 42.4 Å². The molecule has 3 fully saturated rings. The molecule has 0 amide bonds. The lowest BCUT2D eigenvalue weighted by molar-refractivity contribution is 0.0720. The van der Waals surface area contributed by atoms with Crippen LogP contribution in [0.4, 0.5) is 0 Å². The molecule has 3 rings (SSSR count). The van der Waals surface area contributed by atoms with Gasteiger partial charge in [-0.15, -0.1) is 0 Å². The molecule has 0 spiro atoms. The Kier molecular flexibility index (Phi) is 6.84. The van der Waals surface area contributed by atoms with Gasteiger partial charge in [0.15, 0.2) is 0 Å². The Labute approximate surface area is 157 Å². The van der Waals surface area contributed by atoms with Gasteiger partial charge < -0.3 is 9.80 Å². The van der Waals surface area contributed by atoms with Gasteiger partial charge in [0.2, 0.25) is 0 Å². The summed E-state index contributed by atoms with van der Waals surface area (Å²) in [5.74, 6) is 1.82. The standard InChI is InChI=1S/C22H43N3/c1-5-20(4)25-14-12-23(13-15-25)17-21-6-10-24(11-7-21)18-22(8-9-22)16-19(2)3/h19-21H,5-18H2,1-4H3. The van der Waals surface area contributed by atoms with Gasteiger partial charge in [-0.2, -0.15) is 0 Å². The Bertz CT molecular complexity index is 388. The van der Waals surface area contributed by atoms with Gasteiger partial charge in [-0.25, -0.2) is 0 Å². The predicted octanol–water partition coefficient (Wildman–Crippen LogP) is 3.94. The van der Waals surface area contributed by atoms with Crippen molar-refractivity contribution in [3.63, 3.8) is 0 Å². The zero-order valence-corrected chi connectivity index (χ0v) is 17.5. The van der Waals surface area contributed by atoms with Crippen molar-refractivity contribution in [3.05, 3.63) is 0 Å². The van der Waals surface area contributed by atoms with Gasteiger partial charge in [-0.3, -0.25) is 4.90 Å². The fraction of sp³-hybridized carbons (Fsp3) is 1.00. The number of rotatable bonds is 8. The van der Waals surface area contributed by atoms with Gasteiger partial charge in [0, 0.05) is 45.3 Å². The van der Waals surface area contributed by atoms with Gasteiger partial charge in [-0.05, 0) is 75.8 Å². The van der Waals surface area contributed by atoms with Crippen molar-refractivity contribution < 1.29 is 0 Å². The van der Waals surface area contributed by atoms with Crippen LogP contribution in [0.25, 0.3) is 0 Å². The van der Waals surface area contributed by atoms with Crippen LogP contribution in [-0.4, -0.2) is 73.1 Å². The van der Waals surface area contributed by atoms with Crippen LogP contribution in [0.2, 0.25) is 0 Å². The van der Waals surface area contributed by atoms with Crippen molar-refractivity contribution in [2.24, 2.45) is 17.3 Å². The molecule has 0 aromatic carbocycles. The average molecular weight is 350 g/mol. The second kappa shape index (κ2) is 8.71. The summed E-state index contributed by atoms with van der Waals surface area (Å²) in [5.41, 5.74) is 0.716. The van der Waals surface area contributed by atoms with E-state index in [1.165, 1.54) is 90.9 Å². The Morgan fingerprint density at radius 1 is 0.880 bits per heavy atom. The zero-order chi connectivity index (χ0) is 17.9. The first-order chi connectivity index (χ1) is 12.0. The number of likely N-dealkylation sites (tertiary alicyclic amines) is 1. The molecule has 2 aliphatic heterocycles. The van der Waals surface area contributed by atoms with E-state index in [-0.39, 0.29) is 0 Å². The highest BCUT2D eigenvalue weighted by Gasteiger charge is 2.44. The van der Waals surface area contributed by atoms with Crippen LogP contribution in [0.5, 0.6) is 0 Å². The second-order valence-corrected chi connectivity index (χ2v) is 9.91. The second-order valence-electron chi connectivity index (χ2n) is 9.91. The van der Waals surface area contributed by atoms with Crippen molar-refractivity contribution >= 4 is 0 Å². The van der Waals surface area contributed by atoms with Crippen molar-refractivity contribution in [1.82, 2.24) is 14.7 Å². The van der Waals surface area contributed by atoms with E-state index in [4.69, 9.17) is 0 Å². The smallest absolute Gasteiger partial charge is 0.0113 e. The minimum Gasteiger partial charge on any atom is -0.303 e. The van der Waals surface area contributed by atoms with Crippen LogP contribution < -0.4 is 0 Å². The summed E-state index contributed by atoms with van der Waals surface area (Å²) in [4.78, 5) is 8.23. The molecule has 25 heavy (non-hydrogen) atoms. The van der Waals surface area contributed by atoms with Gasteiger partial charge in [0.25, 0.3) is 0 Å². The highest BCUT2D eigenvalue weighted by Crippen LogP contribution is 2.51. The third-order valence-corrected chi connectivity index (χ3v) is 7.20. The molecule has 1 aliphatic carbocycles. The van der Waals surface area contributed by atoms with Crippen LogP contribution in [-0.2, 0) is 0 Å². The van der Waals surface area contributed by atoms with Crippen molar-refractivity contribution in [2.45, 2.75) is 72.3 Å². The first-order valence-electron chi connectivity index (χ1n) is 11.2.